The van der Waals surface area contributed by atoms with Crippen molar-refractivity contribution in [3.05, 3.63) is 0 Å². The van der Waals surface area contributed by atoms with Crippen LogP contribution in [-0.4, -0.2) is 75.8 Å². The van der Waals surface area contributed by atoms with Gasteiger partial charge in [0.1, 0.15) is 24.9 Å². The quantitative estimate of drug-likeness (QED) is 0.306. The van der Waals surface area contributed by atoms with Crippen molar-refractivity contribution in [2.45, 2.75) is 82.8 Å². The van der Waals surface area contributed by atoms with Gasteiger partial charge in [-0.25, -0.2) is 0 Å². The van der Waals surface area contributed by atoms with Crippen molar-refractivity contribution in [1.29, 1.82) is 0 Å². The highest BCUT2D eigenvalue weighted by Gasteiger charge is 2.46. The van der Waals surface area contributed by atoms with E-state index in [1.807, 2.05) is 6.92 Å². The molecule has 6 atom stereocenters. The zero-order valence-corrected chi connectivity index (χ0v) is 14.5. The molecule has 1 unspecified atom stereocenters. The Morgan fingerprint density at radius 2 is 1.84 bits per heavy atom. The molecule has 0 radical (unpaired) electrons. The number of hydrogen-bond acceptors (Lipinski definition) is 9. The van der Waals surface area contributed by atoms with Crippen molar-refractivity contribution in [3.8, 4) is 0 Å². The molecule has 0 aromatic heterocycles. The molecule has 0 bridgehead atoms. The van der Waals surface area contributed by atoms with Crippen LogP contribution in [0.15, 0.2) is 0 Å². The average Bonchev–Trinajstić information content (AvgIpc) is 2.53. The van der Waals surface area contributed by atoms with Crippen LogP contribution in [0.1, 0.15) is 46.0 Å². The number of aliphatic hydroxyl groups excluding tert-OH is 4. The summed E-state index contributed by atoms with van der Waals surface area (Å²) >= 11 is 0. The van der Waals surface area contributed by atoms with Gasteiger partial charge in [0.15, 0.2) is 12.4 Å². The lowest BCUT2D eigenvalue weighted by molar-refractivity contribution is -0.290. The van der Waals surface area contributed by atoms with E-state index < -0.39 is 48.7 Å². The van der Waals surface area contributed by atoms with Crippen molar-refractivity contribution >= 4 is 11.9 Å². The van der Waals surface area contributed by atoms with Crippen LogP contribution in [-0.2, 0) is 23.8 Å². The fraction of sp³-hybridized carbons (Fsp3) is 0.875. The van der Waals surface area contributed by atoms with Crippen LogP contribution < -0.4 is 0 Å². The molecule has 4 N–H and O–H groups in total. The molecule has 1 heterocycles. The van der Waals surface area contributed by atoms with Crippen LogP contribution in [0.5, 0.6) is 0 Å². The second-order valence-corrected chi connectivity index (χ2v) is 6.16. The van der Waals surface area contributed by atoms with Gasteiger partial charge in [0.2, 0.25) is 0 Å². The highest BCUT2D eigenvalue weighted by Crippen LogP contribution is 2.23. The van der Waals surface area contributed by atoms with Gasteiger partial charge >= 0.3 is 11.9 Å². The lowest BCUT2D eigenvalue weighted by Gasteiger charge is -2.39. The van der Waals surface area contributed by atoms with Crippen molar-refractivity contribution in [3.63, 3.8) is 0 Å². The Hall–Kier alpha value is -1.26. The summed E-state index contributed by atoms with van der Waals surface area (Å²) in [6, 6.07) is 0. The minimum Gasteiger partial charge on any atom is -0.463 e. The maximum atomic E-state index is 11.9. The molecule has 1 rings (SSSR count). The van der Waals surface area contributed by atoms with Crippen LogP contribution in [0.25, 0.3) is 0 Å². The number of carbonyl (C=O) groups is 2. The van der Waals surface area contributed by atoms with Gasteiger partial charge < -0.3 is 34.6 Å². The molecule has 9 heteroatoms. The van der Waals surface area contributed by atoms with Gasteiger partial charge in [0, 0.05) is 6.92 Å². The number of hydrogen-bond donors (Lipinski definition) is 4. The minimum absolute atomic E-state index is 0.286. The lowest BCUT2D eigenvalue weighted by Crippen LogP contribution is -2.60. The second-order valence-electron chi connectivity index (χ2n) is 6.16. The smallest absolute Gasteiger partial charge is 0.308 e. The van der Waals surface area contributed by atoms with Crippen molar-refractivity contribution in [2.75, 3.05) is 6.61 Å². The lowest BCUT2D eigenvalue weighted by atomic mass is 9.99. The highest BCUT2D eigenvalue weighted by atomic mass is 16.7. The molecule has 0 amide bonds. The second kappa shape index (κ2) is 10.7. The first-order chi connectivity index (χ1) is 11.8. The van der Waals surface area contributed by atoms with Crippen LogP contribution in [0.2, 0.25) is 0 Å². The number of aliphatic hydroxyl groups is 4. The molecule has 146 valence electrons. The first kappa shape index (κ1) is 21.8. The molecule has 9 nitrogen and oxygen atoms in total. The Bertz CT molecular complexity index is 428. The molecule has 0 saturated carbocycles. The molecular weight excluding hydrogens is 336 g/mol. The Kier molecular flexibility index (Phi) is 9.30. The number of carbonyl (C=O) groups excluding carboxylic acids is 2. The van der Waals surface area contributed by atoms with E-state index in [2.05, 4.69) is 0 Å². The van der Waals surface area contributed by atoms with Gasteiger partial charge in [-0.05, 0) is 6.42 Å². The van der Waals surface area contributed by atoms with E-state index in [9.17, 15) is 30.0 Å². The van der Waals surface area contributed by atoms with Crippen LogP contribution in [0, 0.1) is 0 Å². The van der Waals surface area contributed by atoms with Gasteiger partial charge in [-0.15, -0.1) is 0 Å². The predicted molar refractivity (Wildman–Crippen MR) is 84.2 cm³/mol. The van der Waals surface area contributed by atoms with Gasteiger partial charge in [-0.3, -0.25) is 9.59 Å². The minimum atomic E-state index is -1.71. The van der Waals surface area contributed by atoms with E-state index in [1.54, 1.807) is 0 Å². The summed E-state index contributed by atoms with van der Waals surface area (Å²) in [7, 11) is 0. The van der Waals surface area contributed by atoms with Crippen LogP contribution >= 0.6 is 0 Å². The predicted octanol–water partition coefficient (Wildman–Crippen LogP) is -0.768. The third kappa shape index (κ3) is 7.25. The average molecular weight is 364 g/mol. The van der Waals surface area contributed by atoms with E-state index in [4.69, 9.17) is 14.2 Å². The van der Waals surface area contributed by atoms with Crippen molar-refractivity contribution < 1.29 is 44.2 Å². The molecule has 1 saturated heterocycles. The highest BCUT2D eigenvalue weighted by molar-refractivity contribution is 5.70. The van der Waals surface area contributed by atoms with Crippen LogP contribution in [0.3, 0.4) is 0 Å². The molecule has 1 fully saturated rings. The molecule has 0 aromatic rings. The molecule has 0 spiro atoms. The number of esters is 2. The van der Waals surface area contributed by atoms with E-state index in [0.717, 1.165) is 26.2 Å². The zero-order chi connectivity index (χ0) is 19.0. The van der Waals surface area contributed by atoms with Crippen LogP contribution in [0.4, 0.5) is 0 Å². The number of rotatable bonds is 9. The Morgan fingerprint density at radius 3 is 2.44 bits per heavy atom. The molecule has 0 aliphatic carbocycles. The van der Waals surface area contributed by atoms with E-state index in [1.165, 1.54) is 0 Å². The van der Waals surface area contributed by atoms with E-state index in [-0.39, 0.29) is 13.0 Å². The van der Waals surface area contributed by atoms with Gasteiger partial charge in [-0.2, -0.15) is 0 Å². The fourth-order valence-corrected chi connectivity index (χ4v) is 2.52. The number of unbranched alkanes of at least 4 members (excludes halogenated alkanes) is 2. The largest absolute Gasteiger partial charge is 0.463 e. The van der Waals surface area contributed by atoms with Crippen molar-refractivity contribution in [1.82, 2.24) is 0 Å². The first-order valence-electron chi connectivity index (χ1n) is 8.46. The third-order valence-corrected chi connectivity index (χ3v) is 3.92. The molecular formula is C16H28O9. The van der Waals surface area contributed by atoms with E-state index >= 15 is 0 Å². The van der Waals surface area contributed by atoms with Crippen molar-refractivity contribution in [2.24, 2.45) is 0 Å². The summed E-state index contributed by atoms with van der Waals surface area (Å²) in [6.07, 6.45) is -5.52. The SMILES string of the molecule is CCCCCC(O)CC(=O)O[C@@H]1[C@@H](O)[C@H](O)O[C@H](COC(C)=O)[C@H]1O. The fourth-order valence-electron chi connectivity index (χ4n) is 2.52. The molecule has 1 aliphatic rings. The molecule has 0 aromatic carbocycles. The summed E-state index contributed by atoms with van der Waals surface area (Å²) in [6.45, 7) is 2.82. The standard InChI is InChI=1S/C16H28O9/c1-3-4-5-6-10(18)7-12(19)25-15-13(20)11(8-23-9(2)17)24-16(22)14(15)21/h10-11,13-16,18,20-22H,3-8H2,1-2H3/t10?,11-,13-,14-,15+,16-/m1/s1. The first-order valence-corrected chi connectivity index (χ1v) is 8.46. The van der Waals surface area contributed by atoms with E-state index in [0.29, 0.717) is 6.42 Å². The summed E-state index contributed by atoms with van der Waals surface area (Å²) in [5, 5.41) is 39.5. The normalized spacial score (nSPS) is 30.6. The summed E-state index contributed by atoms with van der Waals surface area (Å²) in [5.74, 6) is -1.42. The Morgan fingerprint density at radius 1 is 1.16 bits per heavy atom. The maximum absolute atomic E-state index is 11.9. The Balaban J connectivity index is 2.57. The number of ether oxygens (including phenoxy) is 3. The summed E-state index contributed by atoms with van der Waals surface area (Å²) in [5.41, 5.74) is 0. The molecule has 25 heavy (non-hydrogen) atoms. The zero-order valence-electron chi connectivity index (χ0n) is 14.5. The summed E-state index contributed by atoms with van der Waals surface area (Å²) in [4.78, 5) is 22.8. The Labute approximate surface area is 146 Å². The monoisotopic (exact) mass is 364 g/mol. The summed E-state index contributed by atoms with van der Waals surface area (Å²) < 4.78 is 14.7. The maximum Gasteiger partial charge on any atom is 0.308 e. The molecule has 1 aliphatic heterocycles. The van der Waals surface area contributed by atoms with Gasteiger partial charge in [-0.1, -0.05) is 26.2 Å². The third-order valence-electron chi connectivity index (χ3n) is 3.92. The van der Waals surface area contributed by atoms with Gasteiger partial charge in [0.25, 0.3) is 0 Å². The van der Waals surface area contributed by atoms with Gasteiger partial charge in [0.05, 0.1) is 12.5 Å². The topological polar surface area (TPSA) is 143 Å².